The van der Waals surface area contributed by atoms with Crippen molar-refractivity contribution < 1.29 is 38.1 Å². The number of rotatable bonds is 9. The van der Waals surface area contributed by atoms with Gasteiger partial charge in [-0.15, -0.1) is 11.3 Å². The lowest BCUT2D eigenvalue weighted by Gasteiger charge is -2.41. The van der Waals surface area contributed by atoms with Crippen LogP contribution in [0.1, 0.15) is 63.1 Å². The second kappa shape index (κ2) is 12.6. The van der Waals surface area contributed by atoms with Gasteiger partial charge in [-0.3, -0.25) is 14.4 Å². The van der Waals surface area contributed by atoms with Crippen LogP contribution < -0.4 is 4.74 Å². The van der Waals surface area contributed by atoms with Gasteiger partial charge >= 0.3 is 17.9 Å². The summed E-state index contributed by atoms with van der Waals surface area (Å²) >= 11 is 1.74. The maximum absolute atomic E-state index is 12.2. The molecule has 208 valence electrons. The Morgan fingerprint density at radius 2 is 1.72 bits per heavy atom. The molecule has 0 N–H and O–H groups in total. The number of carbonyl (C=O) groups is 3. The third kappa shape index (κ3) is 7.58. The zero-order valence-corrected chi connectivity index (χ0v) is 23.6. The summed E-state index contributed by atoms with van der Waals surface area (Å²) < 4.78 is 30.3. The van der Waals surface area contributed by atoms with Crippen molar-refractivity contribution in [2.75, 3.05) is 6.61 Å². The summed E-state index contributed by atoms with van der Waals surface area (Å²) in [6.07, 6.45) is -2.39. The molecule has 2 aromatic carbocycles. The Morgan fingerprint density at radius 3 is 2.38 bits per heavy atom. The minimum Gasteiger partial charge on any atom is -0.491 e. The van der Waals surface area contributed by atoms with Crippen molar-refractivity contribution in [2.24, 2.45) is 0 Å². The molecule has 0 saturated carbocycles. The molecule has 0 spiro atoms. The molecular weight excluding hydrogens is 520 g/mol. The fourth-order valence-corrected chi connectivity index (χ4v) is 5.87. The van der Waals surface area contributed by atoms with E-state index in [-0.39, 0.29) is 19.1 Å². The van der Waals surface area contributed by atoms with Crippen molar-refractivity contribution in [1.29, 1.82) is 0 Å². The van der Waals surface area contributed by atoms with Crippen LogP contribution in [0.25, 0.3) is 10.1 Å². The molecular formula is C30H34O8S. The molecule has 39 heavy (non-hydrogen) atoms. The molecule has 4 rings (SSSR count). The SMILES string of the molecule is CC(=O)OC[C@@H]1C[C@H](OC(C)=O)[C@@H](OC(C)=O)[C@H](c2cc(Cc3cc4ccccc4s3)ccc2OC(C)C)O1. The van der Waals surface area contributed by atoms with E-state index in [0.717, 1.165) is 5.56 Å². The van der Waals surface area contributed by atoms with Crippen LogP contribution in [0.2, 0.25) is 0 Å². The van der Waals surface area contributed by atoms with E-state index in [9.17, 15) is 14.4 Å². The van der Waals surface area contributed by atoms with Gasteiger partial charge in [0.25, 0.3) is 0 Å². The van der Waals surface area contributed by atoms with E-state index >= 15 is 0 Å². The maximum Gasteiger partial charge on any atom is 0.303 e. The van der Waals surface area contributed by atoms with Gasteiger partial charge in [-0.1, -0.05) is 24.3 Å². The van der Waals surface area contributed by atoms with E-state index in [1.807, 2.05) is 44.2 Å². The summed E-state index contributed by atoms with van der Waals surface area (Å²) in [7, 11) is 0. The second-order valence-corrected chi connectivity index (χ2v) is 11.1. The largest absolute Gasteiger partial charge is 0.491 e. The second-order valence-electron chi connectivity index (χ2n) is 9.91. The molecule has 2 heterocycles. The third-order valence-electron chi connectivity index (χ3n) is 6.19. The molecule has 0 amide bonds. The number of hydrogen-bond donors (Lipinski definition) is 0. The van der Waals surface area contributed by atoms with Gasteiger partial charge in [-0.25, -0.2) is 0 Å². The van der Waals surface area contributed by atoms with Crippen LogP contribution in [-0.2, 0) is 39.8 Å². The highest BCUT2D eigenvalue weighted by Crippen LogP contribution is 2.41. The van der Waals surface area contributed by atoms with E-state index < -0.39 is 42.3 Å². The van der Waals surface area contributed by atoms with Gasteiger partial charge in [0.15, 0.2) is 6.10 Å². The molecule has 0 aliphatic carbocycles. The maximum atomic E-state index is 12.2. The zero-order valence-electron chi connectivity index (χ0n) is 22.8. The van der Waals surface area contributed by atoms with Crippen molar-refractivity contribution >= 4 is 39.3 Å². The summed E-state index contributed by atoms with van der Waals surface area (Å²) in [5.74, 6) is -0.921. The van der Waals surface area contributed by atoms with Crippen LogP contribution in [0.15, 0.2) is 48.5 Å². The van der Waals surface area contributed by atoms with Gasteiger partial charge in [0, 0.05) is 48.8 Å². The monoisotopic (exact) mass is 554 g/mol. The van der Waals surface area contributed by atoms with E-state index in [0.29, 0.717) is 17.7 Å². The minimum absolute atomic E-state index is 0.0295. The van der Waals surface area contributed by atoms with Crippen LogP contribution in [0.5, 0.6) is 5.75 Å². The quantitative estimate of drug-likeness (QED) is 0.251. The molecule has 0 unspecified atom stereocenters. The van der Waals surface area contributed by atoms with Gasteiger partial charge in [-0.2, -0.15) is 0 Å². The lowest BCUT2D eigenvalue weighted by atomic mass is 9.91. The lowest BCUT2D eigenvalue weighted by molar-refractivity contribution is -0.214. The normalized spacial score (nSPS) is 21.0. The van der Waals surface area contributed by atoms with E-state index in [2.05, 4.69) is 18.2 Å². The highest BCUT2D eigenvalue weighted by atomic mass is 32.1. The van der Waals surface area contributed by atoms with Crippen molar-refractivity contribution in [2.45, 2.75) is 78.0 Å². The highest BCUT2D eigenvalue weighted by Gasteiger charge is 2.45. The Kier molecular flexibility index (Phi) is 9.24. The summed E-state index contributed by atoms with van der Waals surface area (Å²) in [6.45, 7) is 7.73. The Morgan fingerprint density at radius 1 is 0.974 bits per heavy atom. The predicted octanol–water partition coefficient (Wildman–Crippen LogP) is 5.54. The van der Waals surface area contributed by atoms with Crippen molar-refractivity contribution in [3.8, 4) is 5.75 Å². The Bertz CT molecular complexity index is 1300. The number of esters is 3. The molecule has 8 nitrogen and oxygen atoms in total. The molecule has 9 heteroatoms. The van der Waals surface area contributed by atoms with Crippen LogP contribution >= 0.6 is 11.3 Å². The van der Waals surface area contributed by atoms with Gasteiger partial charge in [-0.05, 0) is 49.1 Å². The Labute approximate surface area is 232 Å². The molecule has 0 bridgehead atoms. The van der Waals surface area contributed by atoms with Gasteiger partial charge in [0.2, 0.25) is 0 Å². The number of carbonyl (C=O) groups excluding carboxylic acids is 3. The van der Waals surface area contributed by atoms with E-state index in [1.54, 1.807) is 11.3 Å². The predicted molar refractivity (Wildman–Crippen MR) is 147 cm³/mol. The standard InChI is InChI=1S/C30H34O8S/c1-17(2)35-26-11-10-21(12-24-14-22-8-6-7-9-28(22)39-24)13-25(26)29-30(37-20(5)33)27(36-19(4)32)15-23(38-29)16-34-18(3)31/h6-11,13-14,17,23,27,29-30H,12,15-16H2,1-5H3/t23-,27-,29-,30+/m0/s1. The smallest absolute Gasteiger partial charge is 0.303 e. The molecule has 1 saturated heterocycles. The number of benzene rings is 2. The first-order chi connectivity index (χ1) is 18.6. The molecule has 0 radical (unpaired) electrons. The minimum atomic E-state index is -0.922. The number of fused-ring (bicyclic) bond motifs is 1. The fraction of sp³-hybridized carbons (Fsp3) is 0.433. The molecule has 4 atom stereocenters. The summed E-state index contributed by atoms with van der Waals surface area (Å²) in [4.78, 5) is 36.9. The Hall–Kier alpha value is -3.43. The van der Waals surface area contributed by atoms with Gasteiger partial charge in [0.1, 0.15) is 24.6 Å². The van der Waals surface area contributed by atoms with Crippen LogP contribution in [0.4, 0.5) is 0 Å². The fourth-order valence-electron chi connectivity index (χ4n) is 4.77. The average molecular weight is 555 g/mol. The summed E-state index contributed by atoms with van der Waals surface area (Å²) in [5.41, 5.74) is 1.68. The Balaban J connectivity index is 1.74. The average Bonchev–Trinajstić information content (AvgIpc) is 3.26. The first-order valence-electron chi connectivity index (χ1n) is 13.0. The lowest BCUT2D eigenvalue weighted by Crippen LogP contribution is -2.49. The van der Waals surface area contributed by atoms with E-state index in [4.69, 9.17) is 23.7 Å². The molecule has 3 aromatic rings. The number of hydrogen-bond acceptors (Lipinski definition) is 9. The number of ether oxygens (including phenoxy) is 5. The molecule has 1 fully saturated rings. The summed E-state index contributed by atoms with van der Waals surface area (Å²) in [6, 6.07) is 16.3. The van der Waals surface area contributed by atoms with Crippen molar-refractivity contribution in [3.63, 3.8) is 0 Å². The van der Waals surface area contributed by atoms with Crippen molar-refractivity contribution in [3.05, 3.63) is 64.5 Å². The zero-order chi connectivity index (χ0) is 28.1. The van der Waals surface area contributed by atoms with Gasteiger partial charge in [0.05, 0.1) is 12.2 Å². The highest BCUT2D eigenvalue weighted by molar-refractivity contribution is 7.19. The first kappa shape index (κ1) is 28.6. The van der Waals surface area contributed by atoms with Gasteiger partial charge < -0.3 is 23.7 Å². The third-order valence-corrected chi connectivity index (χ3v) is 7.31. The van der Waals surface area contributed by atoms with Crippen LogP contribution in [0, 0.1) is 0 Å². The molecule has 1 aromatic heterocycles. The molecule has 1 aliphatic heterocycles. The first-order valence-corrected chi connectivity index (χ1v) is 13.8. The molecule has 1 aliphatic rings. The topological polar surface area (TPSA) is 97.4 Å². The van der Waals surface area contributed by atoms with E-state index in [1.165, 1.54) is 35.7 Å². The van der Waals surface area contributed by atoms with Crippen LogP contribution in [0.3, 0.4) is 0 Å². The van der Waals surface area contributed by atoms with Crippen LogP contribution in [-0.4, -0.2) is 48.9 Å². The summed E-state index contributed by atoms with van der Waals surface area (Å²) in [5, 5.41) is 1.19. The number of thiophene rings is 1. The van der Waals surface area contributed by atoms with Crippen molar-refractivity contribution in [1.82, 2.24) is 0 Å².